The van der Waals surface area contributed by atoms with E-state index in [-0.39, 0.29) is 12.5 Å². The molecule has 0 bridgehead atoms. The second-order valence-electron chi connectivity index (χ2n) is 3.73. The van der Waals surface area contributed by atoms with Crippen molar-refractivity contribution in [1.29, 1.82) is 0 Å². The molecule has 0 saturated heterocycles. The minimum atomic E-state index is -0.783. The second-order valence-corrected chi connectivity index (χ2v) is 3.73. The van der Waals surface area contributed by atoms with Gasteiger partial charge in [-0.05, 0) is 24.6 Å². The van der Waals surface area contributed by atoms with E-state index < -0.39 is 5.97 Å². The van der Waals surface area contributed by atoms with Crippen molar-refractivity contribution in [1.82, 2.24) is 5.32 Å². The van der Waals surface area contributed by atoms with Crippen molar-refractivity contribution >= 4 is 5.97 Å². The summed E-state index contributed by atoms with van der Waals surface area (Å²) in [4.78, 5) is 10.4. The number of hydrogen-bond acceptors (Lipinski definition) is 3. The van der Waals surface area contributed by atoms with Crippen LogP contribution < -0.4 is 10.1 Å². The van der Waals surface area contributed by atoms with Gasteiger partial charge < -0.3 is 15.2 Å². The van der Waals surface area contributed by atoms with Gasteiger partial charge in [0, 0.05) is 12.6 Å². The van der Waals surface area contributed by atoms with Crippen LogP contribution in [-0.2, 0) is 11.3 Å². The molecule has 0 saturated carbocycles. The highest BCUT2D eigenvalue weighted by molar-refractivity contribution is 5.67. The number of carboxylic acids is 1. The zero-order chi connectivity index (χ0) is 12.0. The van der Waals surface area contributed by atoms with E-state index in [1.165, 1.54) is 0 Å². The number of carbonyl (C=O) groups is 1. The molecule has 1 aromatic carbocycles. The van der Waals surface area contributed by atoms with Crippen molar-refractivity contribution in [3.05, 3.63) is 29.8 Å². The van der Waals surface area contributed by atoms with Gasteiger partial charge in [-0.1, -0.05) is 12.1 Å². The average molecular weight is 223 g/mol. The normalized spacial score (nSPS) is 12.1. The van der Waals surface area contributed by atoms with Crippen LogP contribution in [0.2, 0.25) is 0 Å². The molecule has 0 aromatic heterocycles. The lowest BCUT2D eigenvalue weighted by atomic mass is 10.2. The maximum absolute atomic E-state index is 10.4. The molecular formula is C12H17NO3. The van der Waals surface area contributed by atoms with Crippen LogP contribution in [0.1, 0.15) is 18.9 Å². The van der Waals surface area contributed by atoms with Crippen LogP contribution in [-0.4, -0.2) is 24.2 Å². The Morgan fingerprint density at radius 2 is 2.06 bits per heavy atom. The Hall–Kier alpha value is -1.55. The third-order valence-electron chi connectivity index (χ3n) is 2.29. The molecule has 1 atom stereocenters. The summed E-state index contributed by atoms with van der Waals surface area (Å²) in [5.74, 6) is 0.0389. The van der Waals surface area contributed by atoms with E-state index in [1.807, 2.05) is 31.2 Å². The van der Waals surface area contributed by atoms with E-state index >= 15 is 0 Å². The van der Waals surface area contributed by atoms with Crippen molar-refractivity contribution in [2.45, 2.75) is 25.9 Å². The van der Waals surface area contributed by atoms with Crippen molar-refractivity contribution in [2.24, 2.45) is 0 Å². The van der Waals surface area contributed by atoms with Crippen molar-refractivity contribution in [3.8, 4) is 5.75 Å². The van der Waals surface area contributed by atoms with Gasteiger partial charge in [0.25, 0.3) is 0 Å². The Bertz CT molecular complexity index is 335. The lowest BCUT2D eigenvalue weighted by Gasteiger charge is -2.11. The number of hydrogen-bond donors (Lipinski definition) is 2. The number of carboxylic acid groups (broad SMARTS) is 1. The highest BCUT2D eigenvalue weighted by Gasteiger charge is 2.06. The molecule has 0 unspecified atom stereocenters. The van der Waals surface area contributed by atoms with Crippen LogP contribution in [0.5, 0.6) is 5.75 Å². The Kier molecular flexibility index (Phi) is 4.79. The first-order valence-electron chi connectivity index (χ1n) is 5.20. The van der Waals surface area contributed by atoms with Gasteiger partial charge in [0.2, 0.25) is 0 Å². The molecule has 0 aliphatic carbocycles. The maximum atomic E-state index is 10.4. The Morgan fingerprint density at radius 1 is 1.44 bits per heavy atom. The third-order valence-corrected chi connectivity index (χ3v) is 2.29. The molecule has 4 nitrogen and oxygen atoms in total. The third kappa shape index (κ3) is 4.31. The first-order chi connectivity index (χ1) is 7.61. The van der Waals surface area contributed by atoms with Crippen LogP contribution in [0.4, 0.5) is 0 Å². The zero-order valence-corrected chi connectivity index (χ0v) is 9.56. The summed E-state index contributed by atoms with van der Waals surface area (Å²) in [6, 6.07) is 7.66. The smallest absolute Gasteiger partial charge is 0.304 e. The van der Waals surface area contributed by atoms with Crippen molar-refractivity contribution < 1.29 is 14.6 Å². The fourth-order valence-electron chi connectivity index (χ4n) is 1.37. The monoisotopic (exact) mass is 223 g/mol. The number of ether oxygens (including phenoxy) is 1. The second kappa shape index (κ2) is 6.12. The fourth-order valence-corrected chi connectivity index (χ4v) is 1.37. The molecule has 1 rings (SSSR count). The van der Waals surface area contributed by atoms with Gasteiger partial charge in [-0.25, -0.2) is 0 Å². The van der Waals surface area contributed by atoms with Crippen LogP contribution in [0.25, 0.3) is 0 Å². The first kappa shape index (κ1) is 12.5. The number of benzene rings is 1. The SMILES string of the molecule is COc1ccc(CN[C@H](C)CC(=O)O)cc1. The molecule has 4 heteroatoms. The van der Waals surface area contributed by atoms with Crippen LogP contribution in [0.15, 0.2) is 24.3 Å². The van der Waals surface area contributed by atoms with E-state index in [0.29, 0.717) is 6.54 Å². The predicted octanol–water partition coefficient (Wildman–Crippen LogP) is 1.65. The molecule has 0 heterocycles. The summed E-state index contributed by atoms with van der Waals surface area (Å²) in [6.45, 7) is 2.52. The van der Waals surface area contributed by atoms with Gasteiger partial charge in [-0.2, -0.15) is 0 Å². The van der Waals surface area contributed by atoms with Gasteiger partial charge in [0.05, 0.1) is 13.5 Å². The molecule has 1 aromatic rings. The van der Waals surface area contributed by atoms with E-state index in [2.05, 4.69) is 5.32 Å². The molecule has 0 spiro atoms. The van der Waals surface area contributed by atoms with Gasteiger partial charge in [0.15, 0.2) is 0 Å². The largest absolute Gasteiger partial charge is 0.497 e. The van der Waals surface area contributed by atoms with E-state index in [9.17, 15) is 4.79 Å². The van der Waals surface area contributed by atoms with E-state index in [0.717, 1.165) is 11.3 Å². The maximum Gasteiger partial charge on any atom is 0.304 e. The fraction of sp³-hybridized carbons (Fsp3) is 0.417. The van der Waals surface area contributed by atoms with E-state index in [4.69, 9.17) is 9.84 Å². The van der Waals surface area contributed by atoms with Crippen LogP contribution >= 0.6 is 0 Å². The summed E-state index contributed by atoms with van der Waals surface area (Å²) >= 11 is 0. The minimum absolute atomic E-state index is 0.0281. The number of methoxy groups -OCH3 is 1. The minimum Gasteiger partial charge on any atom is -0.497 e. The van der Waals surface area contributed by atoms with Gasteiger partial charge in [-0.3, -0.25) is 4.79 Å². The Labute approximate surface area is 95.2 Å². The van der Waals surface area contributed by atoms with Crippen molar-refractivity contribution in [2.75, 3.05) is 7.11 Å². The summed E-state index contributed by atoms with van der Waals surface area (Å²) in [5, 5.41) is 11.7. The van der Waals surface area contributed by atoms with Crippen molar-refractivity contribution in [3.63, 3.8) is 0 Å². The predicted molar refractivity (Wildman–Crippen MR) is 61.5 cm³/mol. The Balaban J connectivity index is 2.39. The quantitative estimate of drug-likeness (QED) is 0.769. The van der Waals surface area contributed by atoms with Gasteiger partial charge in [0.1, 0.15) is 5.75 Å². The lowest BCUT2D eigenvalue weighted by molar-refractivity contribution is -0.137. The standard InChI is InChI=1S/C12H17NO3/c1-9(7-12(14)15)13-8-10-3-5-11(16-2)6-4-10/h3-6,9,13H,7-8H2,1-2H3,(H,14,15)/t9-/m1/s1. The summed E-state index contributed by atoms with van der Waals surface area (Å²) in [6.07, 6.45) is 0.135. The van der Waals surface area contributed by atoms with Gasteiger partial charge in [-0.15, -0.1) is 0 Å². The number of nitrogens with one attached hydrogen (secondary N) is 1. The van der Waals surface area contributed by atoms with Gasteiger partial charge >= 0.3 is 5.97 Å². The van der Waals surface area contributed by atoms with Crippen LogP contribution in [0.3, 0.4) is 0 Å². The number of rotatable bonds is 6. The summed E-state index contributed by atoms with van der Waals surface area (Å²) in [5.41, 5.74) is 1.11. The molecule has 0 fully saturated rings. The number of aliphatic carboxylic acids is 1. The molecule has 0 radical (unpaired) electrons. The van der Waals surface area contributed by atoms with Crippen LogP contribution in [0, 0.1) is 0 Å². The summed E-state index contributed by atoms with van der Waals surface area (Å²) in [7, 11) is 1.63. The molecule has 0 amide bonds. The highest BCUT2D eigenvalue weighted by atomic mass is 16.5. The summed E-state index contributed by atoms with van der Waals surface area (Å²) < 4.78 is 5.05. The topological polar surface area (TPSA) is 58.6 Å². The molecule has 88 valence electrons. The highest BCUT2D eigenvalue weighted by Crippen LogP contribution is 2.11. The lowest BCUT2D eigenvalue weighted by Crippen LogP contribution is -2.27. The molecule has 2 N–H and O–H groups in total. The average Bonchev–Trinajstić information content (AvgIpc) is 2.26. The first-order valence-corrected chi connectivity index (χ1v) is 5.20. The molecular weight excluding hydrogens is 206 g/mol. The molecule has 16 heavy (non-hydrogen) atoms. The Morgan fingerprint density at radius 3 is 2.56 bits per heavy atom. The zero-order valence-electron chi connectivity index (χ0n) is 9.56. The molecule has 0 aliphatic heterocycles. The molecule has 0 aliphatic rings. The van der Waals surface area contributed by atoms with E-state index in [1.54, 1.807) is 7.11 Å².